The van der Waals surface area contributed by atoms with E-state index in [0.29, 0.717) is 11.1 Å². The zero-order chi connectivity index (χ0) is 18.1. The van der Waals surface area contributed by atoms with E-state index in [4.69, 9.17) is 0 Å². The van der Waals surface area contributed by atoms with Gasteiger partial charge in [-0.15, -0.1) is 0 Å². The summed E-state index contributed by atoms with van der Waals surface area (Å²) in [5.74, 6) is -0.594. The first-order valence-corrected chi connectivity index (χ1v) is 9.52. The first-order chi connectivity index (χ1) is 11.8. The van der Waals surface area contributed by atoms with E-state index in [0.717, 1.165) is 11.6 Å². The molecule has 9 heteroatoms. The van der Waals surface area contributed by atoms with Crippen LogP contribution in [-0.2, 0) is 19.4 Å². The van der Waals surface area contributed by atoms with E-state index in [1.165, 1.54) is 0 Å². The molecule has 7 nitrogen and oxygen atoms in total. The molecule has 0 aliphatic carbocycles. The summed E-state index contributed by atoms with van der Waals surface area (Å²) in [6.07, 6.45) is 0. The summed E-state index contributed by atoms with van der Waals surface area (Å²) in [6.45, 7) is 0.219. The van der Waals surface area contributed by atoms with Crippen molar-refractivity contribution in [1.29, 1.82) is 0 Å². The Labute approximate surface area is 173 Å². The van der Waals surface area contributed by atoms with Crippen LogP contribution in [0.15, 0.2) is 60.7 Å². The van der Waals surface area contributed by atoms with Gasteiger partial charge in [-0.25, -0.2) is 9.69 Å². The molecule has 130 valence electrons. The SMILES string of the molecule is CP(=O)([O-])OCN1C(=O)NC(c2ccccc2)(c2ccccc2)C1=O.[Na+]. The number of hydrogen-bond donors (Lipinski definition) is 1. The zero-order valence-corrected chi connectivity index (χ0v) is 17.3. The van der Waals surface area contributed by atoms with Gasteiger partial charge in [0.25, 0.3) is 5.91 Å². The van der Waals surface area contributed by atoms with Crippen LogP contribution < -0.4 is 39.8 Å². The summed E-state index contributed by atoms with van der Waals surface area (Å²) in [4.78, 5) is 37.5. The van der Waals surface area contributed by atoms with Gasteiger partial charge in [0.2, 0.25) is 0 Å². The molecule has 1 fully saturated rings. The molecule has 2 aromatic rings. The summed E-state index contributed by atoms with van der Waals surface area (Å²) in [6, 6.07) is 16.8. The van der Waals surface area contributed by atoms with Gasteiger partial charge in [-0.1, -0.05) is 60.7 Å². The van der Waals surface area contributed by atoms with Crippen LogP contribution in [0.25, 0.3) is 0 Å². The van der Waals surface area contributed by atoms with Crippen molar-refractivity contribution < 1.29 is 53.1 Å². The van der Waals surface area contributed by atoms with Gasteiger partial charge in [0.15, 0.2) is 5.54 Å². The van der Waals surface area contributed by atoms with E-state index < -0.39 is 31.8 Å². The third-order valence-corrected chi connectivity index (χ3v) is 4.52. The molecular weight excluding hydrogens is 366 g/mol. The van der Waals surface area contributed by atoms with E-state index >= 15 is 0 Å². The van der Waals surface area contributed by atoms with Gasteiger partial charge < -0.3 is 19.3 Å². The fraction of sp³-hybridized carbons (Fsp3) is 0.176. The summed E-state index contributed by atoms with van der Waals surface area (Å²) in [7, 11) is -4.08. The zero-order valence-electron chi connectivity index (χ0n) is 14.4. The number of nitrogens with zero attached hydrogens (tertiary/aromatic N) is 1. The Morgan fingerprint density at radius 3 is 1.92 bits per heavy atom. The average molecular weight is 382 g/mol. The van der Waals surface area contributed by atoms with Crippen molar-refractivity contribution in [3.8, 4) is 0 Å². The molecule has 2 aromatic carbocycles. The van der Waals surface area contributed by atoms with Crippen LogP contribution in [0, 0.1) is 0 Å². The van der Waals surface area contributed by atoms with Crippen LogP contribution in [0.3, 0.4) is 0 Å². The Hall–Kier alpha value is -1.47. The molecule has 1 atom stereocenters. The molecular formula is C17H16N2NaO5P. The second kappa shape index (κ2) is 8.05. The molecule has 1 heterocycles. The molecule has 26 heavy (non-hydrogen) atoms. The Kier molecular flexibility index (Phi) is 6.45. The third-order valence-electron chi connectivity index (χ3n) is 3.94. The molecule has 1 unspecified atom stereocenters. The van der Waals surface area contributed by atoms with E-state index in [-0.39, 0.29) is 29.6 Å². The number of amides is 3. The minimum Gasteiger partial charge on any atom is -0.779 e. The summed E-state index contributed by atoms with van der Waals surface area (Å²) < 4.78 is 15.9. The number of benzene rings is 2. The summed E-state index contributed by atoms with van der Waals surface area (Å²) in [5, 5.41) is 2.70. The Bertz CT molecular complexity index is 801. The molecule has 3 rings (SSSR count). The predicted octanol–water partition coefficient (Wildman–Crippen LogP) is -1.36. The van der Waals surface area contributed by atoms with Crippen molar-refractivity contribution in [2.45, 2.75) is 5.54 Å². The first kappa shape index (κ1) is 20.8. The first-order valence-electron chi connectivity index (χ1n) is 7.53. The molecule has 1 aliphatic rings. The van der Waals surface area contributed by atoms with Gasteiger partial charge in [0.1, 0.15) is 14.3 Å². The topological polar surface area (TPSA) is 98.8 Å². The Balaban J connectivity index is 0.00000243. The van der Waals surface area contributed by atoms with E-state index in [2.05, 4.69) is 9.84 Å². The van der Waals surface area contributed by atoms with E-state index in [1.807, 2.05) is 0 Å². The van der Waals surface area contributed by atoms with E-state index in [1.54, 1.807) is 60.7 Å². The molecule has 3 amide bonds. The number of imide groups is 1. The van der Waals surface area contributed by atoms with Crippen LogP contribution in [0.5, 0.6) is 0 Å². The van der Waals surface area contributed by atoms with Gasteiger partial charge in [-0.3, -0.25) is 4.79 Å². The number of hydrogen-bond acceptors (Lipinski definition) is 5. The molecule has 0 bridgehead atoms. The number of carbonyl (C=O) groups is 2. The normalized spacial score (nSPS) is 18.0. The van der Waals surface area contributed by atoms with Crippen LogP contribution in [0.4, 0.5) is 4.79 Å². The van der Waals surface area contributed by atoms with Crippen molar-refractivity contribution in [3.05, 3.63) is 71.8 Å². The fourth-order valence-corrected chi connectivity index (χ4v) is 3.12. The summed E-state index contributed by atoms with van der Waals surface area (Å²) >= 11 is 0. The summed E-state index contributed by atoms with van der Waals surface area (Å²) in [5.41, 5.74) is -0.281. The molecule has 1 saturated heterocycles. The van der Waals surface area contributed by atoms with Crippen molar-refractivity contribution in [1.82, 2.24) is 10.2 Å². The van der Waals surface area contributed by atoms with Gasteiger partial charge >= 0.3 is 35.6 Å². The second-order valence-corrected chi connectivity index (χ2v) is 7.48. The largest absolute Gasteiger partial charge is 1.00 e. The molecule has 0 saturated carbocycles. The standard InChI is InChI=1S/C17H17N2O5P.Na/c1-25(22,23)24-12-19-15(20)17(18-16(19)21,13-8-4-2-5-9-13)14-10-6-3-7-11-14;/h2-11H,12H2,1H3,(H,18,21)(H,22,23);/q;+1/p-1. The maximum Gasteiger partial charge on any atom is 1.00 e. The molecule has 0 spiro atoms. The molecule has 0 radical (unpaired) electrons. The quantitative estimate of drug-likeness (QED) is 0.392. The van der Waals surface area contributed by atoms with Crippen molar-refractivity contribution in [2.75, 3.05) is 13.4 Å². The Morgan fingerprint density at radius 2 is 1.50 bits per heavy atom. The van der Waals surface area contributed by atoms with Crippen molar-refractivity contribution >= 4 is 19.5 Å². The number of urea groups is 1. The van der Waals surface area contributed by atoms with Gasteiger partial charge in [0, 0.05) is 6.66 Å². The van der Waals surface area contributed by atoms with Gasteiger partial charge in [0.05, 0.1) is 0 Å². The average Bonchev–Trinajstić information content (AvgIpc) is 2.85. The van der Waals surface area contributed by atoms with Crippen LogP contribution in [-0.4, -0.2) is 30.2 Å². The fourth-order valence-electron chi connectivity index (χ4n) is 2.79. The number of carbonyl (C=O) groups excluding carboxylic acids is 2. The number of nitrogens with one attached hydrogen (secondary N) is 1. The maximum atomic E-state index is 13.1. The van der Waals surface area contributed by atoms with Gasteiger partial charge in [-0.05, 0) is 11.1 Å². The minimum absolute atomic E-state index is 0. The Morgan fingerprint density at radius 1 is 1.04 bits per heavy atom. The number of rotatable bonds is 5. The minimum atomic E-state index is -4.08. The van der Waals surface area contributed by atoms with Crippen molar-refractivity contribution in [2.24, 2.45) is 0 Å². The van der Waals surface area contributed by atoms with Crippen molar-refractivity contribution in [3.63, 3.8) is 0 Å². The smallest absolute Gasteiger partial charge is 0.779 e. The predicted molar refractivity (Wildman–Crippen MR) is 88.5 cm³/mol. The van der Waals surface area contributed by atoms with Crippen LogP contribution in [0.2, 0.25) is 0 Å². The molecule has 0 aromatic heterocycles. The molecule has 1 aliphatic heterocycles. The molecule has 1 N–H and O–H groups in total. The van der Waals surface area contributed by atoms with E-state index in [9.17, 15) is 19.0 Å². The van der Waals surface area contributed by atoms with Gasteiger partial charge in [-0.2, -0.15) is 0 Å². The monoisotopic (exact) mass is 382 g/mol. The maximum absolute atomic E-state index is 13.1. The van der Waals surface area contributed by atoms with Crippen LogP contribution in [0.1, 0.15) is 11.1 Å². The third kappa shape index (κ3) is 3.93. The van der Waals surface area contributed by atoms with Crippen LogP contribution >= 0.6 is 7.60 Å². The second-order valence-electron chi connectivity index (χ2n) is 5.67.